The lowest BCUT2D eigenvalue weighted by atomic mass is 10.1. The van der Waals surface area contributed by atoms with Gasteiger partial charge >= 0.3 is 17.9 Å². The molecule has 1 aromatic carbocycles. The summed E-state index contributed by atoms with van der Waals surface area (Å²) in [4.78, 5) is 44.5. The number of esters is 3. The Morgan fingerprint density at radius 1 is 0.810 bits per heavy atom. The Morgan fingerprint density at radius 3 is 1.48 bits per heavy atom. The first-order valence-electron chi connectivity index (χ1n) is 5.73. The number of hydrogen-bond acceptors (Lipinski definition) is 7. The maximum atomic E-state index is 11.2. The lowest BCUT2D eigenvalue weighted by Crippen LogP contribution is -2.15. The molecule has 112 valence electrons. The third-order valence-corrected chi connectivity index (χ3v) is 2.06. The standard InChI is InChI=1S/C13H13NO7/c1-6(15)19-10-4-9(13(14)18)5-11(20-7(2)16)12(10)21-8(3)17/h4-5H,1-3H3,(H2,14,18). The molecular weight excluding hydrogens is 282 g/mol. The Morgan fingerprint density at radius 2 is 1.19 bits per heavy atom. The molecule has 0 radical (unpaired) electrons. The SMILES string of the molecule is CC(=O)Oc1cc(C(N)=O)cc(OC(C)=O)c1OC(C)=O. The van der Waals surface area contributed by atoms with E-state index in [4.69, 9.17) is 19.9 Å². The number of primary amides is 1. The van der Waals surface area contributed by atoms with Gasteiger partial charge in [0.15, 0.2) is 11.5 Å². The highest BCUT2D eigenvalue weighted by Gasteiger charge is 2.21. The minimum Gasteiger partial charge on any atom is -0.423 e. The third-order valence-electron chi connectivity index (χ3n) is 2.06. The predicted octanol–water partition coefficient (Wildman–Crippen LogP) is 0.561. The highest BCUT2D eigenvalue weighted by atomic mass is 16.6. The van der Waals surface area contributed by atoms with Crippen LogP contribution < -0.4 is 19.9 Å². The zero-order valence-electron chi connectivity index (χ0n) is 11.6. The lowest BCUT2D eigenvalue weighted by Gasteiger charge is -2.14. The van der Waals surface area contributed by atoms with Crippen LogP contribution in [0.25, 0.3) is 0 Å². The van der Waals surface area contributed by atoms with E-state index in [1.54, 1.807) is 0 Å². The highest BCUT2D eigenvalue weighted by molar-refractivity contribution is 5.95. The van der Waals surface area contributed by atoms with Gasteiger partial charge in [-0.25, -0.2) is 0 Å². The average Bonchev–Trinajstić information content (AvgIpc) is 2.30. The minimum absolute atomic E-state index is 0.0848. The maximum absolute atomic E-state index is 11.2. The lowest BCUT2D eigenvalue weighted by molar-refractivity contribution is -0.135. The molecule has 0 saturated heterocycles. The molecule has 21 heavy (non-hydrogen) atoms. The highest BCUT2D eigenvalue weighted by Crippen LogP contribution is 2.39. The van der Waals surface area contributed by atoms with Gasteiger partial charge in [-0.2, -0.15) is 0 Å². The van der Waals surface area contributed by atoms with E-state index in [1.165, 1.54) is 0 Å². The van der Waals surface area contributed by atoms with Gasteiger partial charge in [0.2, 0.25) is 11.7 Å². The normalized spacial score (nSPS) is 9.67. The van der Waals surface area contributed by atoms with Crippen molar-refractivity contribution in [1.29, 1.82) is 0 Å². The maximum Gasteiger partial charge on any atom is 0.308 e. The quantitative estimate of drug-likeness (QED) is 0.636. The van der Waals surface area contributed by atoms with E-state index in [0.29, 0.717) is 0 Å². The van der Waals surface area contributed by atoms with Crippen molar-refractivity contribution in [3.8, 4) is 17.2 Å². The molecule has 0 aromatic heterocycles. The fraction of sp³-hybridized carbons (Fsp3) is 0.231. The van der Waals surface area contributed by atoms with Crippen molar-refractivity contribution in [3.63, 3.8) is 0 Å². The van der Waals surface area contributed by atoms with Crippen LogP contribution in [0.5, 0.6) is 17.2 Å². The second kappa shape index (κ2) is 6.51. The number of amides is 1. The van der Waals surface area contributed by atoms with Crippen LogP contribution in [0.1, 0.15) is 31.1 Å². The Kier molecular flexibility index (Phi) is 5.01. The van der Waals surface area contributed by atoms with E-state index >= 15 is 0 Å². The fourth-order valence-corrected chi connectivity index (χ4v) is 1.42. The van der Waals surface area contributed by atoms with Crippen molar-refractivity contribution in [3.05, 3.63) is 17.7 Å². The molecule has 0 saturated carbocycles. The first kappa shape index (κ1) is 16.2. The molecule has 0 atom stereocenters. The summed E-state index contributed by atoms with van der Waals surface area (Å²) in [5.74, 6) is -3.83. The Labute approximate surface area is 119 Å². The molecule has 1 rings (SSSR count). The second-order valence-corrected chi connectivity index (χ2v) is 3.95. The van der Waals surface area contributed by atoms with Crippen molar-refractivity contribution < 1.29 is 33.4 Å². The zero-order valence-corrected chi connectivity index (χ0v) is 11.6. The molecule has 1 aromatic rings. The summed E-state index contributed by atoms with van der Waals surface area (Å²) in [6, 6.07) is 2.21. The first-order chi connectivity index (χ1) is 9.70. The van der Waals surface area contributed by atoms with Crippen molar-refractivity contribution in [2.24, 2.45) is 5.73 Å². The Bertz CT molecular complexity index is 584. The summed E-state index contributed by atoms with van der Waals surface area (Å²) < 4.78 is 14.6. The molecule has 2 N–H and O–H groups in total. The number of carbonyl (C=O) groups is 4. The fourth-order valence-electron chi connectivity index (χ4n) is 1.42. The minimum atomic E-state index is -0.842. The van der Waals surface area contributed by atoms with Crippen molar-refractivity contribution >= 4 is 23.8 Å². The summed E-state index contributed by atoms with van der Waals surface area (Å²) in [5.41, 5.74) is 5.05. The number of nitrogens with two attached hydrogens (primary N) is 1. The summed E-state index contributed by atoms with van der Waals surface area (Å²) >= 11 is 0. The van der Waals surface area contributed by atoms with Gasteiger partial charge in [-0.1, -0.05) is 0 Å². The van der Waals surface area contributed by atoms with Crippen LogP contribution in [0.2, 0.25) is 0 Å². The van der Waals surface area contributed by atoms with E-state index in [9.17, 15) is 19.2 Å². The largest absolute Gasteiger partial charge is 0.423 e. The molecule has 0 fully saturated rings. The smallest absolute Gasteiger partial charge is 0.308 e. The molecular formula is C13H13NO7. The summed E-state index contributed by atoms with van der Waals surface area (Å²) in [7, 11) is 0. The Hall–Kier alpha value is -2.90. The molecule has 0 unspecified atom stereocenters. The van der Waals surface area contributed by atoms with Crippen molar-refractivity contribution in [2.45, 2.75) is 20.8 Å². The van der Waals surface area contributed by atoms with Crippen LogP contribution in [0, 0.1) is 0 Å². The van der Waals surface area contributed by atoms with Gasteiger partial charge in [0.1, 0.15) is 0 Å². The number of rotatable bonds is 4. The molecule has 8 heteroatoms. The Balaban J connectivity index is 3.50. The van der Waals surface area contributed by atoms with Gasteiger partial charge in [-0.15, -0.1) is 0 Å². The average molecular weight is 295 g/mol. The van der Waals surface area contributed by atoms with Crippen molar-refractivity contribution in [1.82, 2.24) is 0 Å². The number of ether oxygens (including phenoxy) is 3. The van der Waals surface area contributed by atoms with Gasteiger partial charge in [-0.3, -0.25) is 19.2 Å². The number of benzene rings is 1. The van der Waals surface area contributed by atoms with Crippen LogP contribution in [0.15, 0.2) is 12.1 Å². The predicted molar refractivity (Wildman–Crippen MR) is 68.9 cm³/mol. The number of carbonyl (C=O) groups excluding carboxylic acids is 4. The van der Waals surface area contributed by atoms with Crippen LogP contribution in [-0.4, -0.2) is 23.8 Å². The zero-order chi connectivity index (χ0) is 16.2. The van der Waals surface area contributed by atoms with Gasteiger partial charge in [0.05, 0.1) is 0 Å². The van der Waals surface area contributed by atoms with Crippen molar-refractivity contribution in [2.75, 3.05) is 0 Å². The molecule has 0 aliphatic rings. The van der Waals surface area contributed by atoms with E-state index in [1.807, 2.05) is 0 Å². The topological polar surface area (TPSA) is 122 Å². The van der Waals surface area contributed by atoms with Crippen LogP contribution in [0.3, 0.4) is 0 Å². The van der Waals surface area contributed by atoms with Crippen LogP contribution >= 0.6 is 0 Å². The molecule has 0 bridgehead atoms. The van der Waals surface area contributed by atoms with Gasteiger partial charge in [0.25, 0.3) is 0 Å². The summed E-state index contributed by atoms with van der Waals surface area (Å²) in [5, 5.41) is 0. The van der Waals surface area contributed by atoms with E-state index < -0.39 is 23.8 Å². The molecule has 0 aliphatic heterocycles. The van der Waals surface area contributed by atoms with Gasteiger partial charge < -0.3 is 19.9 Å². The van der Waals surface area contributed by atoms with Crippen LogP contribution in [0.4, 0.5) is 0 Å². The monoisotopic (exact) mass is 295 g/mol. The molecule has 0 aliphatic carbocycles. The molecule has 8 nitrogen and oxygen atoms in total. The molecule has 0 heterocycles. The van der Waals surface area contributed by atoms with E-state index in [-0.39, 0.29) is 22.8 Å². The first-order valence-corrected chi connectivity index (χ1v) is 5.73. The van der Waals surface area contributed by atoms with Gasteiger partial charge in [-0.05, 0) is 12.1 Å². The summed E-state index contributed by atoms with van der Waals surface area (Å²) in [6.45, 7) is 3.33. The van der Waals surface area contributed by atoms with E-state index in [2.05, 4.69) is 0 Å². The molecule has 0 spiro atoms. The second-order valence-electron chi connectivity index (χ2n) is 3.95. The van der Waals surface area contributed by atoms with Crippen LogP contribution in [-0.2, 0) is 14.4 Å². The third kappa shape index (κ3) is 4.60. The summed E-state index contributed by atoms with van der Waals surface area (Å²) in [6.07, 6.45) is 0. The number of hydrogen-bond donors (Lipinski definition) is 1. The van der Waals surface area contributed by atoms with E-state index in [0.717, 1.165) is 32.9 Å². The molecule has 1 amide bonds. The van der Waals surface area contributed by atoms with Gasteiger partial charge in [0, 0.05) is 26.3 Å².